The fourth-order valence-corrected chi connectivity index (χ4v) is 3.02. The predicted molar refractivity (Wildman–Crippen MR) is 80.9 cm³/mol. The monoisotopic (exact) mass is 254 g/mol. The molecule has 2 heteroatoms. The lowest BCUT2D eigenvalue weighted by Crippen LogP contribution is -2.59. The van der Waals surface area contributed by atoms with Crippen molar-refractivity contribution in [3.63, 3.8) is 0 Å². The normalized spacial score (nSPS) is 28.0. The third-order valence-corrected chi connectivity index (χ3v) is 4.31. The summed E-state index contributed by atoms with van der Waals surface area (Å²) >= 11 is 0. The van der Waals surface area contributed by atoms with Gasteiger partial charge in [-0.05, 0) is 24.2 Å². The van der Waals surface area contributed by atoms with Gasteiger partial charge in [0.1, 0.15) is 0 Å². The Morgan fingerprint density at radius 2 is 1.83 bits per heavy atom. The summed E-state index contributed by atoms with van der Waals surface area (Å²) in [5.41, 5.74) is 0. The second-order valence-corrected chi connectivity index (χ2v) is 7.01. The Morgan fingerprint density at radius 3 is 2.33 bits per heavy atom. The van der Waals surface area contributed by atoms with Gasteiger partial charge in [-0.1, -0.05) is 48.0 Å². The van der Waals surface area contributed by atoms with E-state index in [4.69, 9.17) is 0 Å². The highest BCUT2D eigenvalue weighted by Crippen LogP contribution is 2.20. The topological polar surface area (TPSA) is 15.3 Å². The zero-order valence-corrected chi connectivity index (χ0v) is 13.4. The molecule has 3 unspecified atom stereocenters. The molecule has 1 saturated heterocycles. The van der Waals surface area contributed by atoms with E-state index in [1.165, 1.54) is 32.5 Å². The Bertz CT molecular complexity index is 225. The molecule has 1 aliphatic heterocycles. The van der Waals surface area contributed by atoms with Gasteiger partial charge in [-0.15, -0.1) is 0 Å². The lowest BCUT2D eigenvalue weighted by molar-refractivity contribution is 0.0780. The molecule has 0 bridgehead atoms. The first-order chi connectivity index (χ1) is 8.43. The maximum absolute atomic E-state index is 3.76. The van der Waals surface area contributed by atoms with E-state index in [1.54, 1.807) is 0 Å². The summed E-state index contributed by atoms with van der Waals surface area (Å²) in [5, 5.41) is 3.76. The molecule has 1 rings (SSSR count). The van der Waals surface area contributed by atoms with Gasteiger partial charge in [0.05, 0.1) is 0 Å². The van der Waals surface area contributed by atoms with Crippen LogP contribution < -0.4 is 5.32 Å². The quantitative estimate of drug-likeness (QED) is 0.782. The maximum atomic E-state index is 3.76. The third-order valence-electron chi connectivity index (χ3n) is 4.31. The van der Waals surface area contributed by atoms with E-state index < -0.39 is 0 Å². The van der Waals surface area contributed by atoms with Crippen LogP contribution in [-0.2, 0) is 0 Å². The van der Waals surface area contributed by atoms with E-state index in [2.05, 4.69) is 51.8 Å². The number of piperazine rings is 1. The van der Waals surface area contributed by atoms with Gasteiger partial charge < -0.3 is 5.32 Å². The molecule has 0 aliphatic carbocycles. The Kier molecular flexibility index (Phi) is 6.65. The zero-order chi connectivity index (χ0) is 13.7. The van der Waals surface area contributed by atoms with Crippen molar-refractivity contribution in [3.05, 3.63) is 0 Å². The van der Waals surface area contributed by atoms with Crippen LogP contribution in [-0.4, -0.2) is 36.6 Å². The smallest absolute Gasteiger partial charge is 0.0244 e. The standard InChI is InChI=1S/C16H34N2/c1-7-14(6)10-18-11-15(8-12(2)3)17-9-16(18)13(4)5/h12-17H,7-11H2,1-6H3. The summed E-state index contributed by atoms with van der Waals surface area (Å²) in [7, 11) is 0. The van der Waals surface area contributed by atoms with Gasteiger partial charge in [0.25, 0.3) is 0 Å². The van der Waals surface area contributed by atoms with Crippen LogP contribution in [0.5, 0.6) is 0 Å². The van der Waals surface area contributed by atoms with Crippen molar-refractivity contribution in [3.8, 4) is 0 Å². The summed E-state index contributed by atoms with van der Waals surface area (Å²) in [6.45, 7) is 17.8. The second-order valence-electron chi connectivity index (χ2n) is 7.01. The Morgan fingerprint density at radius 1 is 1.17 bits per heavy atom. The first kappa shape index (κ1) is 16.0. The molecule has 108 valence electrons. The molecule has 0 spiro atoms. The average molecular weight is 254 g/mol. The molecule has 1 aliphatic rings. The number of rotatable bonds is 6. The second kappa shape index (κ2) is 7.49. The van der Waals surface area contributed by atoms with E-state index in [0.717, 1.165) is 23.8 Å². The van der Waals surface area contributed by atoms with Crippen LogP contribution in [0.4, 0.5) is 0 Å². The minimum absolute atomic E-state index is 0.698. The van der Waals surface area contributed by atoms with Crippen molar-refractivity contribution >= 4 is 0 Å². The SMILES string of the molecule is CCC(C)CN1CC(CC(C)C)NCC1C(C)C. The van der Waals surface area contributed by atoms with Crippen molar-refractivity contribution < 1.29 is 0 Å². The highest BCUT2D eigenvalue weighted by molar-refractivity contribution is 4.88. The third kappa shape index (κ3) is 4.89. The lowest BCUT2D eigenvalue weighted by atomic mass is 9.93. The van der Waals surface area contributed by atoms with Gasteiger partial charge in [-0.25, -0.2) is 0 Å². The van der Waals surface area contributed by atoms with Gasteiger partial charge in [-0.3, -0.25) is 4.90 Å². The number of hydrogen-bond acceptors (Lipinski definition) is 2. The van der Waals surface area contributed by atoms with Crippen LogP contribution in [0.3, 0.4) is 0 Å². The van der Waals surface area contributed by atoms with E-state index in [1.807, 2.05) is 0 Å². The molecule has 0 aromatic rings. The van der Waals surface area contributed by atoms with Crippen LogP contribution in [0.2, 0.25) is 0 Å². The van der Waals surface area contributed by atoms with Crippen LogP contribution in [0.25, 0.3) is 0 Å². The maximum Gasteiger partial charge on any atom is 0.0244 e. The van der Waals surface area contributed by atoms with Crippen molar-refractivity contribution in [1.29, 1.82) is 0 Å². The minimum atomic E-state index is 0.698. The molecule has 0 aromatic heterocycles. The molecule has 0 radical (unpaired) electrons. The summed E-state index contributed by atoms with van der Waals surface area (Å²) in [4.78, 5) is 2.75. The molecule has 0 aromatic carbocycles. The molecule has 1 fully saturated rings. The van der Waals surface area contributed by atoms with Crippen molar-refractivity contribution in [2.75, 3.05) is 19.6 Å². The van der Waals surface area contributed by atoms with Crippen molar-refractivity contribution in [2.24, 2.45) is 17.8 Å². The highest BCUT2D eigenvalue weighted by atomic mass is 15.2. The molecule has 0 amide bonds. The number of hydrogen-bond donors (Lipinski definition) is 1. The first-order valence-electron chi connectivity index (χ1n) is 7.91. The molecule has 2 nitrogen and oxygen atoms in total. The Balaban J connectivity index is 2.58. The fourth-order valence-electron chi connectivity index (χ4n) is 3.02. The van der Waals surface area contributed by atoms with Gasteiger partial charge in [0.2, 0.25) is 0 Å². The Hall–Kier alpha value is -0.0800. The molecular formula is C16H34N2. The predicted octanol–water partition coefficient (Wildman–Crippen LogP) is 3.38. The number of nitrogens with one attached hydrogen (secondary N) is 1. The van der Waals surface area contributed by atoms with Crippen LogP contribution >= 0.6 is 0 Å². The first-order valence-corrected chi connectivity index (χ1v) is 7.91. The molecule has 0 saturated carbocycles. The van der Waals surface area contributed by atoms with E-state index in [0.29, 0.717) is 6.04 Å². The molecule has 3 atom stereocenters. The van der Waals surface area contributed by atoms with Gasteiger partial charge >= 0.3 is 0 Å². The van der Waals surface area contributed by atoms with Crippen LogP contribution in [0.1, 0.15) is 54.4 Å². The fraction of sp³-hybridized carbons (Fsp3) is 1.00. The van der Waals surface area contributed by atoms with Gasteiger partial charge in [0.15, 0.2) is 0 Å². The molecule has 1 heterocycles. The molecule has 1 N–H and O–H groups in total. The van der Waals surface area contributed by atoms with Crippen molar-refractivity contribution in [1.82, 2.24) is 10.2 Å². The zero-order valence-electron chi connectivity index (χ0n) is 13.4. The molecule has 18 heavy (non-hydrogen) atoms. The highest BCUT2D eigenvalue weighted by Gasteiger charge is 2.30. The van der Waals surface area contributed by atoms with Gasteiger partial charge in [-0.2, -0.15) is 0 Å². The van der Waals surface area contributed by atoms with Crippen molar-refractivity contribution in [2.45, 2.75) is 66.5 Å². The lowest BCUT2D eigenvalue weighted by Gasteiger charge is -2.44. The van der Waals surface area contributed by atoms with Gasteiger partial charge in [0, 0.05) is 31.7 Å². The Labute approximate surface area is 115 Å². The van der Waals surface area contributed by atoms with E-state index >= 15 is 0 Å². The van der Waals surface area contributed by atoms with E-state index in [-0.39, 0.29) is 0 Å². The summed E-state index contributed by atoms with van der Waals surface area (Å²) in [5.74, 6) is 2.37. The van der Waals surface area contributed by atoms with Crippen LogP contribution in [0.15, 0.2) is 0 Å². The van der Waals surface area contributed by atoms with Crippen LogP contribution in [0, 0.1) is 17.8 Å². The minimum Gasteiger partial charge on any atom is -0.311 e. The summed E-state index contributed by atoms with van der Waals surface area (Å²) in [6, 6.07) is 1.42. The summed E-state index contributed by atoms with van der Waals surface area (Å²) < 4.78 is 0. The number of nitrogens with zero attached hydrogens (tertiary/aromatic N) is 1. The van der Waals surface area contributed by atoms with E-state index in [9.17, 15) is 0 Å². The summed E-state index contributed by atoms with van der Waals surface area (Å²) in [6.07, 6.45) is 2.60. The largest absolute Gasteiger partial charge is 0.311 e. The average Bonchev–Trinajstić information content (AvgIpc) is 2.27. The molecular weight excluding hydrogens is 220 g/mol.